The van der Waals surface area contributed by atoms with Crippen molar-refractivity contribution in [1.29, 1.82) is 5.26 Å². The van der Waals surface area contributed by atoms with Crippen LogP contribution in [0.4, 0.5) is 16.0 Å². The fraction of sp³-hybridized carbons (Fsp3) is 0.226. The average Bonchev–Trinajstić information content (AvgIpc) is 4.28. The first-order valence-electron chi connectivity index (χ1n) is 23.0. The predicted octanol–water partition coefficient (Wildman–Crippen LogP) is 8.54. The molecule has 15 nitrogen and oxygen atoms in total. The molecule has 2 aliphatic rings. The molecule has 1 atom stereocenters. The molecule has 9 aromatic rings. The van der Waals surface area contributed by atoms with Gasteiger partial charge in [-0.25, -0.2) is 24.3 Å². The third-order valence-electron chi connectivity index (χ3n) is 12.4. The Balaban J connectivity index is 0.000000162. The number of rotatable bonds is 13. The van der Waals surface area contributed by atoms with Gasteiger partial charge in [-0.05, 0) is 123 Å². The Bertz CT molecular complexity index is 3540. The Morgan fingerprint density at radius 1 is 0.771 bits per heavy atom. The third-order valence-corrected chi connectivity index (χ3v) is 12.7. The van der Waals surface area contributed by atoms with Gasteiger partial charge in [0.25, 0.3) is 11.8 Å². The molecule has 0 aliphatic heterocycles. The largest absolute Gasteiger partial charge is 0.394 e. The van der Waals surface area contributed by atoms with E-state index in [-0.39, 0.29) is 36.8 Å². The third kappa shape index (κ3) is 9.55. The first-order chi connectivity index (χ1) is 33.9. The smallest absolute Gasteiger partial charge is 0.253 e. The van der Waals surface area contributed by atoms with Crippen molar-refractivity contribution >= 4 is 68.4 Å². The molecule has 4 aromatic heterocycles. The van der Waals surface area contributed by atoms with Gasteiger partial charge in [0.05, 0.1) is 80.8 Å². The normalized spacial score (nSPS) is 13.7. The van der Waals surface area contributed by atoms with Gasteiger partial charge in [-0.1, -0.05) is 41.9 Å². The zero-order chi connectivity index (χ0) is 48.6. The minimum atomic E-state index is -0.917. The van der Waals surface area contributed by atoms with E-state index in [0.717, 1.165) is 81.4 Å². The number of benzene rings is 5. The van der Waals surface area contributed by atoms with Gasteiger partial charge in [-0.3, -0.25) is 18.4 Å². The fourth-order valence-electron chi connectivity index (χ4n) is 8.19. The Morgan fingerprint density at radius 3 is 2.06 bits per heavy atom. The second-order valence-corrected chi connectivity index (χ2v) is 18.1. The fourth-order valence-corrected chi connectivity index (χ4v) is 8.45. The summed E-state index contributed by atoms with van der Waals surface area (Å²) < 4.78 is 17.6. The van der Waals surface area contributed by atoms with Gasteiger partial charge < -0.3 is 31.5 Å². The van der Waals surface area contributed by atoms with Crippen LogP contribution in [-0.2, 0) is 6.54 Å². The highest BCUT2D eigenvalue weighted by atomic mass is 35.5. The van der Waals surface area contributed by atoms with Gasteiger partial charge in [-0.15, -0.1) is 0 Å². The molecule has 0 radical (unpaired) electrons. The summed E-state index contributed by atoms with van der Waals surface area (Å²) in [4.78, 5) is 43.6. The van der Waals surface area contributed by atoms with E-state index in [1.54, 1.807) is 42.7 Å². The Labute approximate surface area is 406 Å². The number of fused-ring (bicyclic) bond motifs is 6. The summed E-state index contributed by atoms with van der Waals surface area (Å²) in [5.41, 5.74) is 12.1. The van der Waals surface area contributed by atoms with Crippen LogP contribution < -0.4 is 21.3 Å². The highest BCUT2D eigenvalue weighted by molar-refractivity contribution is 6.34. The molecule has 70 heavy (non-hydrogen) atoms. The zero-order valence-electron chi connectivity index (χ0n) is 38.2. The number of carbonyl (C=O) groups is 2. The van der Waals surface area contributed by atoms with Crippen molar-refractivity contribution in [2.75, 3.05) is 23.8 Å². The van der Waals surface area contributed by atoms with Crippen molar-refractivity contribution in [3.63, 3.8) is 0 Å². The SMILES string of the molecule is Cc1cc2nc(NCC(O)CO)c3ncc(-c4ccc(C(=O)NC5CC5)c(Cl)c4)n3c2cc1C.N#Cc1ccc2c(c1)nc(NCc1cccc(F)c1)c1ncc(-c3ccc(C(=O)NC4CC4)cc3)n12. The number of nitriles is 1. The number of nitrogens with zero attached hydrogens (tertiary/aromatic N) is 7. The van der Waals surface area contributed by atoms with Gasteiger partial charge in [0.2, 0.25) is 0 Å². The summed E-state index contributed by atoms with van der Waals surface area (Å²) in [6.45, 7) is 4.22. The van der Waals surface area contributed by atoms with Crippen LogP contribution in [0, 0.1) is 31.0 Å². The number of nitrogens with one attached hydrogen (secondary N) is 4. The summed E-state index contributed by atoms with van der Waals surface area (Å²) in [5.74, 6) is 0.494. The molecule has 5 aromatic carbocycles. The number of aliphatic hydroxyl groups excluding tert-OH is 2. The lowest BCUT2D eigenvalue weighted by Gasteiger charge is -2.14. The van der Waals surface area contributed by atoms with Crippen molar-refractivity contribution < 1.29 is 24.2 Å². The van der Waals surface area contributed by atoms with Crippen molar-refractivity contribution in [3.8, 4) is 28.6 Å². The average molecular weight is 956 g/mol. The molecule has 17 heteroatoms. The molecule has 0 spiro atoms. The van der Waals surface area contributed by atoms with Crippen molar-refractivity contribution in [2.45, 2.75) is 64.3 Å². The lowest BCUT2D eigenvalue weighted by molar-refractivity contribution is 0.0942. The molecule has 2 saturated carbocycles. The van der Waals surface area contributed by atoms with E-state index in [1.165, 1.54) is 12.1 Å². The van der Waals surface area contributed by atoms with E-state index in [0.29, 0.717) is 62.7 Å². The van der Waals surface area contributed by atoms with Gasteiger partial charge in [0.1, 0.15) is 5.82 Å². The molecule has 352 valence electrons. The first kappa shape index (κ1) is 45.8. The number of aromatic nitrogens is 6. The molecule has 4 heterocycles. The standard InChI is InChI=1S/C28H21FN6O.C25H26ClN5O3/c29-21-3-1-2-18(12-21)15-31-26-27-32-16-25(35(27)24-11-4-17(14-30)13-23(24)34-26)19-5-7-20(8-6-19)28(36)33-22-9-10-22;1-13-7-20-21(8-14(13)2)31-22(11-28-24(31)23(30-20)27-10-17(33)12-32)15-3-6-18(19(26)9-15)25(34)29-16-4-5-16/h1-8,11-13,16,22H,9-10,15H2,(H,31,34)(H,33,36);3,6-9,11,16-17,32-33H,4-5,10,12H2,1-2H3,(H,27,30)(H,29,34). The molecule has 0 bridgehead atoms. The van der Waals surface area contributed by atoms with E-state index in [1.807, 2.05) is 71.2 Å². The summed E-state index contributed by atoms with van der Waals surface area (Å²) in [5, 5.41) is 41.1. The molecule has 2 aliphatic carbocycles. The minimum absolute atomic E-state index is 0.0651. The molecule has 1 unspecified atom stereocenters. The van der Waals surface area contributed by atoms with E-state index in [4.69, 9.17) is 21.6 Å². The number of halogens is 2. The maximum Gasteiger partial charge on any atom is 0.253 e. The second-order valence-electron chi connectivity index (χ2n) is 17.7. The highest BCUT2D eigenvalue weighted by Crippen LogP contribution is 2.34. The van der Waals surface area contributed by atoms with Crippen LogP contribution in [0.5, 0.6) is 0 Å². The van der Waals surface area contributed by atoms with Gasteiger partial charge in [-0.2, -0.15) is 5.26 Å². The second kappa shape index (κ2) is 19.2. The lowest BCUT2D eigenvalue weighted by atomic mass is 10.1. The Kier molecular flexibility index (Phi) is 12.6. The van der Waals surface area contributed by atoms with Crippen LogP contribution in [0.25, 0.3) is 55.9 Å². The van der Waals surface area contributed by atoms with E-state index >= 15 is 0 Å². The van der Waals surface area contributed by atoms with Crippen LogP contribution in [0.1, 0.15) is 68.7 Å². The molecule has 2 amide bonds. The topological polar surface area (TPSA) is 207 Å². The number of hydrogen-bond donors (Lipinski definition) is 6. The molecule has 6 N–H and O–H groups in total. The number of anilines is 2. The lowest BCUT2D eigenvalue weighted by Crippen LogP contribution is -2.25. The van der Waals surface area contributed by atoms with Crippen molar-refractivity contribution in [2.24, 2.45) is 0 Å². The minimum Gasteiger partial charge on any atom is -0.394 e. The van der Waals surface area contributed by atoms with Crippen LogP contribution >= 0.6 is 11.6 Å². The number of aliphatic hydroxyl groups is 2. The molecule has 0 saturated heterocycles. The summed E-state index contributed by atoms with van der Waals surface area (Å²) >= 11 is 6.53. The van der Waals surface area contributed by atoms with Crippen LogP contribution in [0.3, 0.4) is 0 Å². The molecular formula is C53H47ClFN11O4. The number of hydrogen-bond acceptors (Lipinski definition) is 11. The summed E-state index contributed by atoms with van der Waals surface area (Å²) in [7, 11) is 0. The van der Waals surface area contributed by atoms with Crippen LogP contribution in [0.2, 0.25) is 5.02 Å². The maximum atomic E-state index is 13.7. The quantitative estimate of drug-likeness (QED) is 0.0646. The van der Waals surface area contributed by atoms with E-state index in [9.17, 15) is 29.5 Å². The Hall–Kier alpha value is -7.97. The number of carbonyl (C=O) groups excluding carboxylic acids is 2. The molecule has 11 rings (SSSR count). The number of imidazole rings is 2. The predicted molar refractivity (Wildman–Crippen MR) is 267 cm³/mol. The van der Waals surface area contributed by atoms with Crippen LogP contribution in [-0.4, -0.2) is 82.1 Å². The van der Waals surface area contributed by atoms with Crippen LogP contribution in [0.15, 0.2) is 109 Å². The first-order valence-corrected chi connectivity index (χ1v) is 23.4. The van der Waals surface area contributed by atoms with Gasteiger partial charge in [0.15, 0.2) is 22.9 Å². The highest BCUT2D eigenvalue weighted by Gasteiger charge is 2.26. The molecule has 2 fully saturated rings. The van der Waals surface area contributed by atoms with Gasteiger partial charge >= 0.3 is 0 Å². The summed E-state index contributed by atoms with van der Waals surface area (Å²) in [6.07, 6.45) is 6.69. The Morgan fingerprint density at radius 2 is 1.40 bits per heavy atom. The monoisotopic (exact) mass is 955 g/mol. The molecular weight excluding hydrogens is 909 g/mol. The van der Waals surface area contributed by atoms with E-state index < -0.39 is 6.10 Å². The van der Waals surface area contributed by atoms with Gasteiger partial charge in [0, 0.05) is 41.9 Å². The van der Waals surface area contributed by atoms with Crippen molar-refractivity contribution in [1.82, 2.24) is 39.4 Å². The maximum absolute atomic E-state index is 13.7. The number of aryl methyl sites for hydroxylation is 2. The van der Waals surface area contributed by atoms with Crippen molar-refractivity contribution in [3.05, 3.63) is 154 Å². The number of amides is 2. The zero-order valence-corrected chi connectivity index (χ0v) is 38.9. The summed E-state index contributed by atoms with van der Waals surface area (Å²) in [6, 6.07) is 31.3. The van der Waals surface area contributed by atoms with E-state index in [2.05, 4.69) is 43.4 Å².